The van der Waals surface area contributed by atoms with Crippen molar-refractivity contribution in [2.24, 2.45) is 0 Å². The molecule has 2 aromatic carbocycles. The van der Waals surface area contributed by atoms with Gasteiger partial charge in [0.25, 0.3) is 5.91 Å². The molecule has 7 nitrogen and oxygen atoms in total. The van der Waals surface area contributed by atoms with Crippen LogP contribution in [0.3, 0.4) is 0 Å². The van der Waals surface area contributed by atoms with Gasteiger partial charge >= 0.3 is 0 Å². The molecular weight excluding hydrogens is 378 g/mol. The highest BCUT2D eigenvalue weighted by atomic mass is 16.1. The SMILES string of the molecule is CC(=O)c1ccc(C(=O)Nc2ccc(Nc3cc(N4CCCC4)cnn3)cc2)cc1. The van der Waals surface area contributed by atoms with Crippen molar-refractivity contribution < 1.29 is 9.59 Å². The van der Waals surface area contributed by atoms with Crippen LogP contribution in [0.25, 0.3) is 0 Å². The van der Waals surface area contributed by atoms with E-state index in [0.717, 1.165) is 24.5 Å². The average molecular weight is 401 g/mol. The molecule has 0 radical (unpaired) electrons. The fourth-order valence-corrected chi connectivity index (χ4v) is 3.41. The first-order valence-corrected chi connectivity index (χ1v) is 9.95. The summed E-state index contributed by atoms with van der Waals surface area (Å²) >= 11 is 0. The predicted molar refractivity (Wildman–Crippen MR) is 118 cm³/mol. The summed E-state index contributed by atoms with van der Waals surface area (Å²) in [4.78, 5) is 26.1. The summed E-state index contributed by atoms with van der Waals surface area (Å²) in [5.41, 5.74) is 3.68. The normalized spacial score (nSPS) is 13.2. The van der Waals surface area contributed by atoms with E-state index in [2.05, 4.69) is 25.7 Å². The maximum Gasteiger partial charge on any atom is 0.255 e. The molecule has 7 heteroatoms. The summed E-state index contributed by atoms with van der Waals surface area (Å²) in [6.45, 7) is 3.60. The Labute approximate surface area is 175 Å². The van der Waals surface area contributed by atoms with Crippen LogP contribution in [-0.4, -0.2) is 35.0 Å². The van der Waals surface area contributed by atoms with Gasteiger partial charge in [0.2, 0.25) is 0 Å². The maximum absolute atomic E-state index is 12.4. The first kappa shape index (κ1) is 19.6. The van der Waals surface area contributed by atoms with Gasteiger partial charge in [0, 0.05) is 41.7 Å². The van der Waals surface area contributed by atoms with Crippen LogP contribution < -0.4 is 15.5 Å². The van der Waals surface area contributed by atoms with E-state index in [-0.39, 0.29) is 11.7 Å². The minimum Gasteiger partial charge on any atom is -0.370 e. The molecule has 0 atom stereocenters. The topological polar surface area (TPSA) is 87.2 Å². The lowest BCUT2D eigenvalue weighted by atomic mass is 10.1. The third-order valence-electron chi connectivity index (χ3n) is 5.08. The Morgan fingerprint density at radius 3 is 2.20 bits per heavy atom. The molecule has 3 aromatic rings. The number of Topliss-reactive ketones (excluding diaryl/α,β-unsaturated/α-hetero) is 1. The van der Waals surface area contributed by atoms with Crippen molar-refractivity contribution in [1.82, 2.24) is 10.2 Å². The molecule has 0 saturated carbocycles. The lowest BCUT2D eigenvalue weighted by molar-refractivity contribution is 0.101. The van der Waals surface area contributed by atoms with E-state index >= 15 is 0 Å². The number of aromatic nitrogens is 2. The first-order chi connectivity index (χ1) is 14.6. The molecule has 30 heavy (non-hydrogen) atoms. The summed E-state index contributed by atoms with van der Waals surface area (Å²) < 4.78 is 0. The lowest BCUT2D eigenvalue weighted by Gasteiger charge is -2.17. The largest absolute Gasteiger partial charge is 0.370 e. The molecule has 0 unspecified atom stereocenters. The summed E-state index contributed by atoms with van der Waals surface area (Å²) in [6.07, 6.45) is 4.20. The Balaban J connectivity index is 1.38. The van der Waals surface area contributed by atoms with E-state index in [1.165, 1.54) is 19.8 Å². The monoisotopic (exact) mass is 401 g/mol. The number of rotatable bonds is 6. The number of nitrogens with zero attached hydrogens (tertiary/aromatic N) is 3. The Morgan fingerprint density at radius 1 is 0.900 bits per heavy atom. The summed E-state index contributed by atoms with van der Waals surface area (Å²) in [7, 11) is 0. The van der Waals surface area contributed by atoms with E-state index in [9.17, 15) is 9.59 Å². The number of carbonyl (C=O) groups excluding carboxylic acids is 2. The standard InChI is InChI=1S/C23H23N5O2/c1-16(29)17-4-6-18(7-5-17)23(30)26-20-10-8-19(9-11-20)25-22-14-21(15-24-27-22)28-12-2-3-13-28/h4-11,14-15H,2-3,12-13H2,1H3,(H,25,27)(H,26,30). The van der Waals surface area contributed by atoms with Gasteiger partial charge in [-0.05, 0) is 56.2 Å². The number of benzene rings is 2. The summed E-state index contributed by atoms with van der Waals surface area (Å²) in [5, 5.41) is 14.4. The number of amides is 1. The van der Waals surface area contributed by atoms with Gasteiger partial charge in [0.15, 0.2) is 11.6 Å². The molecule has 1 aliphatic heterocycles. The van der Waals surface area contributed by atoms with Gasteiger partial charge in [-0.25, -0.2) is 0 Å². The number of ketones is 1. The van der Waals surface area contributed by atoms with E-state index in [0.29, 0.717) is 22.6 Å². The second-order valence-electron chi connectivity index (χ2n) is 7.28. The van der Waals surface area contributed by atoms with Crippen LogP contribution in [0.5, 0.6) is 0 Å². The molecule has 0 spiro atoms. The van der Waals surface area contributed by atoms with Crippen LogP contribution in [0, 0.1) is 0 Å². The number of hydrogen-bond donors (Lipinski definition) is 2. The zero-order chi connectivity index (χ0) is 20.9. The maximum atomic E-state index is 12.4. The van der Waals surface area contributed by atoms with E-state index in [1.807, 2.05) is 30.3 Å². The quantitative estimate of drug-likeness (QED) is 0.600. The minimum atomic E-state index is -0.227. The van der Waals surface area contributed by atoms with Crippen LogP contribution in [0.15, 0.2) is 60.8 Å². The fraction of sp³-hybridized carbons (Fsp3) is 0.217. The Hall–Kier alpha value is -3.74. The van der Waals surface area contributed by atoms with Gasteiger partial charge in [0.1, 0.15) is 0 Å². The van der Waals surface area contributed by atoms with Crippen LogP contribution in [0.1, 0.15) is 40.5 Å². The molecule has 1 fully saturated rings. The summed E-state index contributed by atoms with van der Waals surface area (Å²) in [5.74, 6) is 0.428. The van der Waals surface area contributed by atoms with Crippen molar-refractivity contribution >= 4 is 34.6 Å². The third kappa shape index (κ3) is 4.63. The van der Waals surface area contributed by atoms with Crippen molar-refractivity contribution in [1.29, 1.82) is 0 Å². The molecule has 2 N–H and O–H groups in total. The number of hydrogen-bond acceptors (Lipinski definition) is 6. The average Bonchev–Trinajstić information content (AvgIpc) is 3.30. The Morgan fingerprint density at radius 2 is 1.53 bits per heavy atom. The number of nitrogens with one attached hydrogen (secondary N) is 2. The van der Waals surface area contributed by atoms with Crippen molar-refractivity contribution in [3.63, 3.8) is 0 Å². The smallest absolute Gasteiger partial charge is 0.255 e. The minimum absolute atomic E-state index is 0.0271. The van der Waals surface area contributed by atoms with Crippen LogP contribution in [0.2, 0.25) is 0 Å². The van der Waals surface area contributed by atoms with Crippen LogP contribution >= 0.6 is 0 Å². The molecule has 0 bridgehead atoms. The van der Waals surface area contributed by atoms with E-state index < -0.39 is 0 Å². The molecule has 2 heterocycles. The molecule has 4 rings (SSSR count). The van der Waals surface area contributed by atoms with Gasteiger partial charge in [0.05, 0.1) is 11.9 Å². The van der Waals surface area contributed by atoms with E-state index in [4.69, 9.17) is 0 Å². The second-order valence-corrected chi connectivity index (χ2v) is 7.28. The van der Waals surface area contributed by atoms with Gasteiger partial charge in [-0.3, -0.25) is 9.59 Å². The van der Waals surface area contributed by atoms with Crippen molar-refractivity contribution in [3.05, 3.63) is 71.9 Å². The summed E-state index contributed by atoms with van der Waals surface area (Å²) in [6, 6.07) is 16.0. The lowest BCUT2D eigenvalue weighted by Crippen LogP contribution is -2.18. The Bertz CT molecular complexity index is 1040. The second kappa shape index (κ2) is 8.73. The molecule has 1 amide bonds. The van der Waals surface area contributed by atoms with Crippen molar-refractivity contribution in [2.45, 2.75) is 19.8 Å². The molecule has 1 aromatic heterocycles. The van der Waals surface area contributed by atoms with Crippen molar-refractivity contribution in [3.8, 4) is 0 Å². The highest BCUT2D eigenvalue weighted by molar-refractivity contribution is 6.05. The van der Waals surface area contributed by atoms with E-state index in [1.54, 1.807) is 30.5 Å². The van der Waals surface area contributed by atoms with Gasteiger partial charge in [-0.1, -0.05) is 12.1 Å². The fourth-order valence-electron chi connectivity index (χ4n) is 3.41. The van der Waals surface area contributed by atoms with Crippen LogP contribution in [0.4, 0.5) is 22.9 Å². The molecule has 1 saturated heterocycles. The van der Waals surface area contributed by atoms with Gasteiger partial charge in [-0.2, -0.15) is 5.10 Å². The molecule has 152 valence electrons. The Kier molecular flexibility index (Phi) is 5.70. The zero-order valence-corrected chi connectivity index (χ0v) is 16.8. The third-order valence-corrected chi connectivity index (χ3v) is 5.08. The van der Waals surface area contributed by atoms with Crippen LogP contribution in [-0.2, 0) is 0 Å². The molecule has 1 aliphatic rings. The van der Waals surface area contributed by atoms with Gasteiger partial charge < -0.3 is 15.5 Å². The molecular formula is C23H23N5O2. The number of anilines is 4. The highest BCUT2D eigenvalue weighted by Crippen LogP contribution is 2.23. The van der Waals surface area contributed by atoms with Gasteiger partial charge in [-0.15, -0.1) is 5.10 Å². The highest BCUT2D eigenvalue weighted by Gasteiger charge is 2.13. The van der Waals surface area contributed by atoms with Crippen molar-refractivity contribution in [2.75, 3.05) is 28.6 Å². The first-order valence-electron chi connectivity index (χ1n) is 9.95. The predicted octanol–water partition coefficient (Wildman–Crippen LogP) is 4.28. The molecule has 0 aliphatic carbocycles. The zero-order valence-electron chi connectivity index (χ0n) is 16.8. The number of carbonyl (C=O) groups is 2.